The zero-order valence-corrected chi connectivity index (χ0v) is 11.8. The van der Waals surface area contributed by atoms with Crippen LogP contribution in [0.15, 0.2) is 17.8 Å². The second kappa shape index (κ2) is 7.16. The van der Waals surface area contributed by atoms with Gasteiger partial charge in [0.15, 0.2) is 5.69 Å². The number of nitrogens with one attached hydrogen (secondary N) is 2. The number of aromatic amines is 1. The van der Waals surface area contributed by atoms with Crippen molar-refractivity contribution < 1.29 is 14.3 Å². The molecule has 0 radical (unpaired) electrons. The summed E-state index contributed by atoms with van der Waals surface area (Å²) < 4.78 is 11.2. The molecule has 110 valence electrons. The lowest BCUT2D eigenvalue weighted by Gasteiger charge is -2.31. The standard InChI is InChI=1S/C13H20N4O3/c1-9(2)3-6-20-12-8-19-5-4-10(12)15-13(18)11-7-14-17-16-11/h3,7,10,12H,4-6,8H2,1-2H3,(H,15,18)(H,14,16,17)/t10-,12-/m1/s1. The van der Waals surface area contributed by atoms with E-state index in [2.05, 4.69) is 20.7 Å². The van der Waals surface area contributed by atoms with Crippen molar-refractivity contribution in [1.29, 1.82) is 0 Å². The Hall–Kier alpha value is -1.73. The van der Waals surface area contributed by atoms with E-state index >= 15 is 0 Å². The number of rotatable bonds is 5. The third kappa shape index (κ3) is 4.14. The first kappa shape index (κ1) is 14.7. The Bertz CT molecular complexity index is 454. The highest BCUT2D eigenvalue weighted by atomic mass is 16.5. The van der Waals surface area contributed by atoms with E-state index in [9.17, 15) is 4.79 Å². The van der Waals surface area contributed by atoms with Crippen LogP contribution in [0, 0.1) is 0 Å². The second-order valence-corrected chi connectivity index (χ2v) is 4.95. The highest BCUT2D eigenvalue weighted by Crippen LogP contribution is 2.12. The number of nitrogens with zero attached hydrogens (tertiary/aromatic N) is 2. The average molecular weight is 280 g/mol. The summed E-state index contributed by atoms with van der Waals surface area (Å²) in [4.78, 5) is 12.0. The molecular weight excluding hydrogens is 260 g/mol. The molecule has 20 heavy (non-hydrogen) atoms. The number of hydrogen-bond acceptors (Lipinski definition) is 5. The molecule has 7 heteroatoms. The van der Waals surface area contributed by atoms with E-state index in [0.29, 0.717) is 19.8 Å². The van der Waals surface area contributed by atoms with E-state index in [0.717, 1.165) is 6.42 Å². The normalized spacial score (nSPS) is 22.3. The molecule has 0 unspecified atom stereocenters. The molecule has 0 aliphatic carbocycles. The molecule has 1 fully saturated rings. The van der Waals surface area contributed by atoms with Gasteiger partial charge >= 0.3 is 0 Å². The van der Waals surface area contributed by atoms with Crippen LogP contribution >= 0.6 is 0 Å². The third-order valence-electron chi connectivity index (χ3n) is 3.07. The summed E-state index contributed by atoms with van der Waals surface area (Å²) in [7, 11) is 0. The molecule has 7 nitrogen and oxygen atoms in total. The first-order chi connectivity index (χ1) is 9.66. The van der Waals surface area contributed by atoms with Crippen molar-refractivity contribution in [3.8, 4) is 0 Å². The molecule has 1 aromatic heterocycles. The molecule has 2 heterocycles. The van der Waals surface area contributed by atoms with Gasteiger partial charge in [0.25, 0.3) is 5.91 Å². The Morgan fingerprint density at radius 1 is 1.65 bits per heavy atom. The zero-order valence-electron chi connectivity index (χ0n) is 11.8. The fraction of sp³-hybridized carbons (Fsp3) is 0.615. The number of ether oxygens (including phenoxy) is 2. The van der Waals surface area contributed by atoms with Crippen molar-refractivity contribution in [3.05, 3.63) is 23.5 Å². The molecule has 0 saturated carbocycles. The predicted molar refractivity (Wildman–Crippen MR) is 72.2 cm³/mol. The van der Waals surface area contributed by atoms with E-state index in [-0.39, 0.29) is 23.7 Å². The van der Waals surface area contributed by atoms with Crippen LogP contribution in [0.3, 0.4) is 0 Å². The topological polar surface area (TPSA) is 89.1 Å². The van der Waals surface area contributed by atoms with Crippen LogP contribution in [0.4, 0.5) is 0 Å². The molecule has 1 amide bonds. The summed E-state index contributed by atoms with van der Waals surface area (Å²) in [5.74, 6) is -0.249. The van der Waals surface area contributed by atoms with Crippen LogP contribution < -0.4 is 5.32 Å². The summed E-state index contributed by atoms with van der Waals surface area (Å²) in [5, 5.41) is 12.7. The Kier molecular flexibility index (Phi) is 5.25. The van der Waals surface area contributed by atoms with Crippen LogP contribution in [-0.4, -0.2) is 53.3 Å². The Labute approximate surface area is 117 Å². The zero-order chi connectivity index (χ0) is 14.4. The van der Waals surface area contributed by atoms with Crippen molar-refractivity contribution in [2.24, 2.45) is 0 Å². The monoisotopic (exact) mass is 280 g/mol. The first-order valence-corrected chi connectivity index (χ1v) is 6.66. The van der Waals surface area contributed by atoms with Crippen molar-refractivity contribution in [3.63, 3.8) is 0 Å². The first-order valence-electron chi connectivity index (χ1n) is 6.66. The number of carbonyl (C=O) groups excluding carboxylic acids is 1. The smallest absolute Gasteiger partial charge is 0.273 e. The SMILES string of the molecule is CC(C)=CCO[C@@H]1COCC[C@H]1NC(=O)c1cn[nH]n1. The summed E-state index contributed by atoms with van der Waals surface area (Å²) >= 11 is 0. The Balaban J connectivity index is 1.89. The van der Waals surface area contributed by atoms with Gasteiger partial charge in [-0.05, 0) is 20.3 Å². The molecule has 1 aliphatic heterocycles. The minimum absolute atomic E-state index is 0.0708. The van der Waals surface area contributed by atoms with Crippen LogP contribution in [0.2, 0.25) is 0 Å². The number of H-pyrrole nitrogens is 1. The van der Waals surface area contributed by atoms with Gasteiger partial charge in [0.05, 0.1) is 25.5 Å². The lowest BCUT2D eigenvalue weighted by molar-refractivity contribution is -0.0589. The molecule has 0 bridgehead atoms. The van der Waals surface area contributed by atoms with Gasteiger partial charge in [0.2, 0.25) is 0 Å². The Morgan fingerprint density at radius 2 is 2.50 bits per heavy atom. The van der Waals surface area contributed by atoms with Crippen molar-refractivity contribution in [2.45, 2.75) is 32.4 Å². The van der Waals surface area contributed by atoms with Gasteiger partial charge in [-0.1, -0.05) is 11.6 Å². The molecule has 2 rings (SSSR count). The molecule has 1 aliphatic rings. The van der Waals surface area contributed by atoms with E-state index in [1.54, 1.807) is 0 Å². The number of amides is 1. The maximum absolute atomic E-state index is 12.0. The second-order valence-electron chi connectivity index (χ2n) is 4.95. The average Bonchev–Trinajstić information content (AvgIpc) is 2.94. The summed E-state index contributed by atoms with van der Waals surface area (Å²) in [5.41, 5.74) is 1.48. The van der Waals surface area contributed by atoms with Crippen LogP contribution in [-0.2, 0) is 9.47 Å². The van der Waals surface area contributed by atoms with Gasteiger partial charge < -0.3 is 14.8 Å². The highest BCUT2D eigenvalue weighted by molar-refractivity contribution is 5.92. The largest absolute Gasteiger partial charge is 0.379 e. The molecule has 1 saturated heterocycles. The van der Waals surface area contributed by atoms with Crippen molar-refractivity contribution in [1.82, 2.24) is 20.7 Å². The maximum atomic E-state index is 12.0. The minimum Gasteiger partial charge on any atom is -0.379 e. The van der Waals surface area contributed by atoms with Gasteiger partial charge in [-0.2, -0.15) is 15.4 Å². The fourth-order valence-corrected chi connectivity index (χ4v) is 1.93. The van der Waals surface area contributed by atoms with Crippen molar-refractivity contribution in [2.75, 3.05) is 19.8 Å². The van der Waals surface area contributed by atoms with Crippen LogP contribution in [0.25, 0.3) is 0 Å². The minimum atomic E-state index is -0.249. The number of allylic oxidation sites excluding steroid dienone is 1. The number of hydrogen-bond donors (Lipinski definition) is 2. The summed E-state index contributed by atoms with van der Waals surface area (Å²) in [6.07, 6.45) is 3.98. The van der Waals surface area contributed by atoms with E-state index in [4.69, 9.17) is 9.47 Å². The molecule has 0 spiro atoms. The summed E-state index contributed by atoms with van der Waals surface area (Å²) in [6.45, 7) is 5.66. The van der Waals surface area contributed by atoms with Crippen LogP contribution in [0.5, 0.6) is 0 Å². The quantitative estimate of drug-likeness (QED) is 0.774. The highest BCUT2D eigenvalue weighted by Gasteiger charge is 2.28. The lowest BCUT2D eigenvalue weighted by Crippen LogP contribution is -2.50. The maximum Gasteiger partial charge on any atom is 0.273 e. The number of aromatic nitrogens is 3. The van der Waals surface area contributed by atoms with E-state index in [1.165, 1.54) is 11.8 Å². The molecule has 2 N–H and O–H groups in total. The van der Waals surface area contributed by atoms with Gasteiger partial charge in [-0.3, -0.25) is 4.79 Å². The van der Waals surface area contributed by atoms with Crippen LogP contribution in [0.1, 0.15) is 30.8 Å². The lowest BCUT2D eigenvalue weighted by atomic mass is 10.1. The third-order valence-corrected chi connectivity index (χ3v) is 3.07. The van der Waals surface area contributed by atoms with E-state index < -0.39 is 0 Å². The predicted octanol–water partition coefficient (Wildman–Crippen LogP) is 0.675. The van der Waals surface area contributed by atoms with Gasteiger partial charge in [-0.15, -0.1) is 0 Å². The van der Waals surface area contributed by atoms with Gasteiger partial charge in [-0.25, -0.2) is 0 Å². The molecule has 0 aromatic carbocycles. The molecule has 1 aromatic rings. The van der Waals surface area contributed by atoms with Crippen molar-refractivity contribution >= 4 is 5.91 Å². The molecular formula is C13H20N4O3. The summed E-state index contributed by atoms with van der Waals surface area (Å²) in [6, 6.07) is -0.0708. The van der Waals surface area contributed by atoms with E-state index in [1.807, 2.05) is 19.9 Å². The van der Waals surface area contributed by atoms with Gasteiger partial charge in [0, 0.05) is 6.61 Å². The number of carbonyl (C=O) groups is 1. The molecule has 2 atom stereocenters. The Morgan fingerprint density at radius 3 is 3.20 bits per heavy atom. The van der Waals surface area contributed by atoms with Gasteiger partial charge in [0.1, 0.15) is 6.10 Å². The fourth-order valence-electron chi connectivity index (χ4n) is 1.93.